The molecule has 0 amide bonds. The maximum atomic E-state index is 13.8. The highest BCUT2D eigenvalue weighted by Gasteiger charge is 2.40. The summed E-state index contributed by atoms with van der Waals surface area (Å²) in [6.45, 7) is 14.1. The molecule has 41 heavy (non-hydrogen) atoms. The highest BCUT2D eigenvalue weighted by atomic mass is 31.2. The Morgan fingerprint density at radius 3 is 0.780 bits per heavy atom. The third-order valence-corrected chi connectivity index (χ3v) is 13.2. The maximum Gasteiger partial charge on any atom is 0.338 e. The van der Waals surface area contributed by atoms with Crippen molar-refractivity contribution < 1.29 is 58.9 Å². The third-order valence-electron chi connectivity index (χ3n) is 5.27. The zero-order chi connectivity index (χ0) is 31.2. The van der Waals surface area contributed by atoms with Crippen LogP contribution in [-0.2, 0) is 79.1 Å². The van der Waals surface area contributed by atoms with Crippen molar-refractivity contribution in [2.75, 3.05) is 52.9 Å². The van der Waals surface area contributed by atoms with Crippen LogP contribution in [0.2, 0.25) is 0 Å². The van der Waals surface area contributed by atoms with Gasteiger partial charge in [-0.05, 0) is 55.4 Å². The number of furan rings is 1. The number of rotatable bonds is 24. The lowest BCUT2D eigenvalue weighted by molar-refractivity contribution is 0.213. The average Bonchev–Trinajstić information content (AvgIpc) is 3.13. The predicted molar refractivity (Wildman–Crippen MR) is 157 cm³/mol. The van der Waals surface area contributed by atoms with Crippen LogP contribution in [0.1, 0.15) is 78.0 Å². The van der Waals surface area contributed by atoms with E-state index in [1.165, 1.54) is 0 Å². The van der Waals surface area contributed by atoms with Gasteiger partial charge in [-0.1, -0.05) is 0 Å². The second kappa shape index (κ2) is 18.6. The molecule has 1 aromatic rings. The molecule has 0 aliphatic heterocycles. The fourth-order valence-electron chi connectivity index (χ4n) is 4.06. The van der Waals surface area contributed by atoms with Gasteiger partial charge in [-0.2, -0.15) is 0 Å². The molecule has 17 heteroatoms. The van der Waals surface area contributed by atoms with Gasteiger partial charge < -0.3 is 40.6 Å². The Hall–Kier alpha value is -0.120. The van der Waals surface area contributed by atoms with Crippen LogP contribution in [0.25, 0.3) is 0 Å². The molecule has 0 saturated heterocycles. The number of hydrogen-bond acceptors (Lipinski definition) is 13. The molecular weight excluding hydrogens is 620 g/mol. The van der Waals surface area contributed by atoms with E-state index in [1.807, 2.05) is 0 Å². The highest BCUT2D eigenvalue weighted by molar-refractivity contribution is 7.54. The first-order chi connectivity index (χ1) is 19.3. The summed E-state index contributed by atoms with van der Waals surface area (Å²) in [4.78, 5) is 0. The van der Waals surface area contributed by atoms with Gasteiger partial charge in [-0.15, -0.1) is 0 Å². The summed E-state index contributed by atoms with van der Waals surface area (Å²) < 4.78 is 105. The summed E-state index contributed by atoms with van der Waals surface area (Å²) in [5, 5.41) is 0. The van der Waals surface area contributed by atoms with Crippen LogP contribution in [0, 0.1) is 0 Å². The molecule has 0 aliphatic rings. The second-order valence-electron chi connectivity index (χ2n) is 8.32. The molecule has 0 aromatic carbocycles. The minimum absolute atomic E-state index is 0.0685. The van der Waals surface area contributed by atoms with E-state index in [0.717, 1.165) is 0 Å². The van der Waals surface area contributed by atoms with E-state index in [9.17, 15) is 18.3 Å². The van der Waals surface area contributed by atoms with Gasteiger partial charge in [0.25, 0.3) is 0 Å². The Balaban J connectivity index is 4.03. The summed E-state index contributed by atoms with van der Waals surface area (Å²) in [6, 6.07) is 0. The standard InChI is InChI=1S/C24H48O13P4/c1-9-29-38(25,30-10-2)17-21-22(18-39(26,31-11-3)32-12-4)24(20-41(28,35-15-7)36-16-8)37-23(21)19-40(27,33-13-5)34-14-6/h9-20H2,1-8H3. The van der Waals surface area contributed by atoms with Crippen LogP contribution >= 0.6 is 30.4 Å². The predicted octanol–water partition coefficient (Wildman–Crippen LogP) is 8.34. The van der Waals surface area contributed by atoms with E-state index >= 15 is 0 Å². The van der Waals surface area contributed by atoms with E-state index < -0.39 is 30.4 Å². The lowest BCUT2D eigenvalue weighted by Crippen LogP contribution is -2.07. The zero-order valence-corrected chi connectivity index (χ0v) is 29.2. The largest absolute Gasteiger partial charge is 0.464 e. The van der Waals surface area contributed by atoms with Gasteiger partial charge in [0.2, 0.25) is 0 Å². The van der Waals surface area contributed by atoms with Crippen LogP contribution in [0.5, 0.6) is 0 Å². The van der Waals surface area contributed by atoms with Crippen molar-refractivity contribution in [2.45, 2.75) is 80.0 Å². The summed E-state index contributed by atoms with van der Waals surface area (Å²) in [7, 11) is -15.1. The van der Waals surface area contributed by atoms with Gasteiger partial charge in [0.15, 0.2) is 0 Å². The van der Waals surface area contributed by atoms with Crippen molar-refractivity contribution in [2.24, 2.45) is 0 Å². The Morgan fingerprint density at radius 1 is 0.390 bits per heavy atom. The lowest BCUT2D eigenvalue weighted by Gasteiger charge is -2.21. The molecule has 1 aromatic heterocycles. The molecule has 13 nitrogen and oxygen atoms in total. The van der Waals surface area contributed by atoms with Gasteiger partial charge >= 0.3 is 30.4 Å². The maximum absolute atomic E-state index is 13.8. The van der Waals surface area contributed by atoms with Gasteiger partial charge in [0.05, 0.1) is 65.2 Å². The Bertz CT molecular complexity index is 981. The molecule has 0 atom stereocenters. The fourth-order valence-corrected chi connectivity index (χ4v) is 11.0. The van der Waals surface area contributed by atoms with Crippen molar-refractivity contribution in [1.29, 1.82) is 0 Å². The van der Waals surface area contributed by atoms with E-state index in [4.69, 9.17) is 40.6 Å². The minimum atomic E-state index is -3.79. The molecule has 1 heterocycles. The molecule has 0 unspecified atom stereocenters. The Morgan fingerprint density at radius 2 is 0.585 bits per heavy atom. The minimum Gasteiger partial charge on any atom is -0.464 e. The van der Waals surface area contributed by atoms with E-state index in [0.29, 0.717) is 0 Å². The monoisotopic (exact) mass is 668 g/mol. The Labute approximate surface area is 244 Å². The molecule has 0 saturated carbocycles. The average molecular weight is 669 g/mol. The first kappa shape index (κ1) is 38.9. The summed E-state index contributed by atoms with van der Waals surface area (Å²) in [6.07, 6.45) is -1.35. The molecule has 0 bridgehead atoms. The third kappa shape index (κ3) is 12.4. The van der Waals surface area contributed by atoms with E-state index in [-0.39, 0.29) is 100 Å². The lowest BCUT2D eigenvalue weighted by atomic mass is 10.1. The quantitative estimate of drug-likeness (QED) is 0.0970. The molecule has 0 fully saturated rings. The van der Waals surface area contributed by atoms with Gasteiger partial charge in [0.1, 0.15) is 23.8 Å². The van der Waals surface area contributed by atoms with Crippen molar-refractivity contribution in [1.82, 2.24) is 0 Å². The molecular formula is C24H48O13P4. The highest BCUT2D eigenvalue weighted by Crippen LogP contribution is 2.61. The molecule has 242 valence electrons. The second-order valence-corrected chi connectivity index (χ2v) is 16.5. The van der Waals surface area contributed by atoms with Crippen LogP contribution in [0.3, 0.4) is 0 Å². The van der Waals surface area contributed by atoms with Crippen molar-refractivity contribution >= 4 is 30.4 Å². The molecule has 1 rings (SSSR count). The van der Waals surface area contributed by atoms with Gasteiger partial charge in [0, 0.05) is 11.1 Å². The summed E-state index contributed by atoms with van der Waals surface area (Å²) >= 11 is 0. The van der Waals surface area contributed by atoms with Gasteiger partial charge in [-0.25, -0.2) is 0 Å². The van der Waals surface area contributed by atoms with Crippen molar-refractivity contribution in [3.05, 3.63) is 22.6 Å². The Kier molecular flexibility index (Phi) is 17.7. The van der Waals surface area contributed by atoms with E-state index in [2.05, 4.69) is 0 Å². The van der Waals surface area contributed by atoms with Crippen LogP contribution in [0.15, 0.2) is 4.42 Å². The molecule has 0 aliphatic carbocycles. The fraction of sp³-hybridized carbons (Fsp3) is 0.833. The topological polar surface area (TPSA) is 155 Å². The van der Waals surface area contributed by atoms with Crippen LogP contribution in [-0.4, -0.2) is 52.9 Å². The van der Waals surface area contributed by atoms with E-state index in [1.54, 1.807) is 55.4 Å². The first-order valence-corrected chi connectivity index (χ1v) is 20.9. The first-order valence-electron chi connectivity index (χ1n) is 14.0. The summed E-state index contributed by atoms with van der Waals surface area (Å²) in [5.41, 5.74) is 0.480. The SMILES string of the molecule is CCOP(=O)(Cc1oc(CP(=O)(OCC)OCC)c(CP(=O)(OCC)OCC)c1CP(=O)(OCC)OCC)OCC. The van der Waals surface area contributed by atoms with Crippen LogP contribution < -0.4 is 0 Å². The van der Waals surface area contributed by atoms with Crippen LogP contribution in [0.4, 0.5) is 0 Å². The number of hydrogen-bond donors (Lipinski definition) is 0. The van der Waals surface area contributed by atoms with Crippen molar-refractivity contribution in [3.63, 3.8) is 0 Å². The van der Waals surface area contributed by atoms with Gasteiger partial charge in [-0.3, -0.25) is 18.3 Å². The molecule has 0 N–H and O–H groups in total. The smallest absolute Gasteiger partial charge is 0.338 e. The summed E-state index contributed by atoms with van der Waals surface area (Å²) in [5.74, 6) is 0.137. The normalized spacial score (nSPS) is 13.3. The van der Waals surface area contributed by atoms with Crippen molar-refractivity contribution in [3.8, 4) is 0 Å². The molecule has 0 spiro atoms. The molecule has 0 radical (unpaired) electrons. The zero-order valence-electron chi connectivity index (χ0n) is 25.6.